The van der Waals surface area contributed by atoms with Crippen LogP contribution in [0.1, 0.15) is 36.0 Å². The van der Waals surface area contributed by atoms with Crippen LogP contribution in [-0.2, 0) is 21.2 Å². The number of aliphatic hydroxyl groups excluding tert-OH is 1. The molecule has 14 heteroatoms. The van der Waals surface area contributed by atoms with E-state index in [9.17, 15) is 31.5 Å². The van der Waals surface area contributed by atoms with Crippen LogP contribution in [0.5, 0.6) is 0 Å². The Hall–Kier alpha value is -4.21. The van der Waals surface area contributed by atoms with Crippen LogP contribution in [0.3, 0.4) is 0 Å². The number of anilines is 1. The Morgan fingerprint density at radius 2 is 1.55 bits per heavy atom. The van der Waals surface area contributed by atoms with Gasteiger partial charge < -0.3 is 21.5 Å². The van der Waals surface area contributed by atoms with Crippen molar-refractivity contribution in [2.45, 2.75) is 48.8 Å². The van der Waals surface area contributed by atoms with E-state index in [2.05, 4.69) is 20.3 Å². The summed E-state index contributed by atoms with van der Waals surface area (Å²) < 4.78 is 86.0. The van der Waals surface area contributed by atoms with Crippen molar-refractivity contribution in [3.05, 3.63) is 125 Å². The molecule has 0 radical (unpaired) electrons. The van der Waals surface area contributed by atoms with Crippen molar-refractivity contribution in [3.8, 4) is 0 Å². The predicted octanol–water partition coefficient (Wildman–Crippen LogP) is 3.99. The number of hydrogen-bond acceptors (Lipinski definition) is 7. The fraction of sp³-hybridized carbons (Fsp3) is 0.273. The molecule has 4 rings (SSSR count). The molecular weight excluding hydrogens is 638 g/mol. The van der Waals surface area contributed by atoms with E-state index in [1.165, 1.54) is 30.5 Å². The first-order valence-electron chi connectivity index (χ1n) is 14.7. The number of pyridine rings is 1. The van der Waals surface area contributed by atoms with Crippen molar-refractivity contribution >= 4 is 21.6 Å². The number of aliphatic hydroxyl groups is 1. The lowest BCUT2D eigenvalue weighted by molar-refractivity contribution is -0.117. The smallest absolute Gasteiger partial charge is 0.242 e. The van der Waals surface area contributed by atoms with Crippen molar-refractivity contribution in [2.75, 3.05) is 18.4 Å². The topological polar surface area (TPSA) is 146 Å². The van der Waals surface area contributed by atoms with Gasteiger partial charge in [0.25, 0.3) is 0 Å². The first-order valence-corrected chi connectivity index (χ1v) is 16.2. The molecule has 0 saturated carbocycles. The molecule has 0 fully saturated rings. The number of benzene rings is 3. The van der Waals surface area contributed by atoms with Gasteiger partial charge in [0.05, 0.1) is 35.1 Å². The minimum Gasteiger partial charge on any atom is -0.392 e. The SMILES string of the molecule is C[C@H](O)CNC[C@@H](CCc1c(F)cncc1NC(=O)[C@@H](N)[C@@H](c1ccc(F)cc1)c1cc(F)cc(F)c1)NS(=O)(=O)c1ccccc1. The van der Waals surface area contributed by atoms with E-state index in [1.54, 1.807) is 25.1 Å². The molecule has 0 aliphatic heterocycles. The maximum absolute atomic E-state index is 15.2. The molecule has 4 atom stereocenters. The maximum Gasteiger partial charge on any atom is 0.242 e. The number of sulfonamides is 1. The van der Waals surface area contributed by atoms with Gasteiger partial charge in [0.2, 0.25) is 15.9 Å². The molecule has 3 aromatic carbocycles. The van der Waals surface area contributed by atoms with E-state index in [4.69, 9.17) is 5.73 Å². The lowest BCUT2D eigenvalue weighted by Crippen LogP contribution is -2.43. The highest BCUT2D eigenvalue weighted by atomic mass is 32.2. The summed E-state index contributed by atoms with van der Waals surface area (Å²) in [5.74, 6) is -5.13. The molecular formula is C33H35F4N5O4S. The van der Waals surface area contributed by atoms with Gasteiger partial charge in [-0.2, -0.15) is 0 Å². The van der Waals surface area contributed by atoms with E-state index < -0.39 is 63.3 Å². The third kappa shape index (κ3) is 9.89. The van der Waals surface area contributed by atoms with Crippen LogP contribution in [0, 0.1) is 23.3 Å². The number of rotatable bonds is 15. The Labute approximate surface area is 270 Å². The number of hydrogen-bond donors (Lipinski definition) is 5. The molecule has 0 bridgehead atoms. The van der Waals surface area contributed by atoms with Gasteiger partial charge in [-0.25, -0.2) is 30.7 Å². The summed E-state index contributed by atoms with van der Waals surface area (Å²) in [7, 11) is -3.96. The summed E-state index contributed by atoms with van der Waals surface area (Å²) in [6, 6.07) is 13.1. The van der Waals surface area contributed by atoms with Gasteiger partial charge in [0.15, 0.2) is 0 Å². The van der Waals surface area contributed by atoms with Gasteiger partial charge in [0, 0.05) is 36.7 Å². The summed E-state index contributed by atoms with van der Waals surface area (Å²) in [6.07, 6.45) is 1.44. The van der Waals surface area contributed by atoms with Crippen LogP contribution in [0.4, 0.5) is 23.2 Å². The first kappa shape index (κ1) is 35.6. The summed E-state index contributed by atoms with van der Waals surface area (Å²) in [5, 5.41) is 15.2. The number of halogens is 4. The fourth-order valence-electron chi connectivity index (χ4n) is 5.10. The third-order valence-corrected chi connectivity index (χ3v) is 8.88. The van der Waals surface area contributed by atoms with Gasteiger partial charge in [-0.15, -0.1) is 0 Å². The summed E-state index contributed by atoms with van der Waals surface area (Å²) in [5.41, 5.74) is 6.64. The van der Waals surface area contributed by atoms with E-state index in [-0.39, 0.29) is 47.6 Å². The van der Waals surface area contributed by atoms with Crippen molar-refractivity contribution < 1.29 is 35.9 Å². The molecule has 6 N–H and O–H groups in total. The number of nitrogens with zero attached hydrogens (tertiary/aromatic N) is 1. The molecule has 1 aromatic heterocycles. The quantitative estimate of drug-likeness (QED) is 0.120. The average molecular weight is 674 g/mol. The molecule has 47 heavy (non-hydrogen) atoms. The van der Waals surface area contributed by atoms with E-state index in [0.717, 1.165) is 30.5 Å². The van der Waals surface area contributed by atoms with E-state index in [1.807, 2.05) is 0 Å². The number of nitrogens with one attached hydrogen (secondary N) is 3. The lowest BCUT2D eigenvalue weighted by Gasteiger charge is -2.25. The number of amides is 1. The monoisotopic (exact) mass is 673 g/mol. The zero-order valence-electron chi connectivity index (χ0n) is 25.3. The normalized spacial score (nSPS) is 14.3. The van der Waals surface area contributed by atoms with Crippen molar-refractivity contribution in [3.63, 3.8) is 0 Å². The van der Waals surface area contributed by atoms with Crippen molar-refractivity contribution in [1.29, 1.82) is 0 Å². The largest absolute Gasteiger partial charge is 0.392 e. The average Bonchev–Trinajstić information content (AvgIpc) is 3.01. The van der Waals surface area contributed by atoms with Gasteiger partial charge in [-0.3, -0.25) is 9.78 Å². The Balaban J connectivity index is 1.57. The Morgan fingerprint density at radius 1 is 0.894 bits per heavy atom. The van der Waals surface area contributed by atoms with Gasteiger partial charge in [0.1, 0.15) is 23.3 Å². The molecule has 1 heterocycles. The van der Waals surface area contributed by atoms with Crippen LogP contribution < -0.4 is 21.1 Å². The molecule has 1 amide bonds. The van der Waals surface area contributed by atoms with E-state index >= 15 is 4.39 Å². The van der Waals surface area contributed by atoms with Crippen LogP contribution in [0.25, 0.3) is 0 Å². The minimum atomic E-state index is -3.96. The molecule has 0 saturated heterocycles. The van der Waals surface area contributed by atoms with Gasteiger partial charge in [-0.1, -0.05) is 30.3 Å². The number of carbonyl (C=O) groups excluding carboxylic acids is 1. The molecule has 0 aliphatic rings. The van der Waals surface area contributed by atoms with Crippen LogP contribution >= 0.6 is 0 Å². The highest BCUT2D eigenvalue weighted by Crippen LogP contribution is 2.30. The van der Waals surface area contributed by atoms with Gasteiger partial charge in [-0.05, 0) is 67.3 Å². The van der Waals surface area contributed by atoms with Crippen LogP contribution in [-0.4, -0.2) is 55.7 Å². The minimum absolute atomic E-state index is 0.00937. The Morgan fingerprint density at radius 3 is 2.19 bits per heavy atom. The molecule has 0 spiro atoms. The number of aromatic nitrogens is 1. The van der Waals surface area contributed by atoms with E-state index in [0.29, 0.717) is 11.6 Å². The molecule has 9 nitrogen and oxygen atoms in total. The zero-order valence-corrected chi connectivity index (χ0v) is 26.2. The van der Waals surface area contributed by atoms with Crippen LogP contribution in [0.2, 0.25) is 0 Å². The third-order valence-electron chi connectivity index (χ3n) is 7.35. The predicted molar refractivity (Wildman–Crippen MR) is 169 cm³/mol. The molecule has 4 aromatic rings. The molecule has 250 valence electrons. The zero-order chi connectivity index (χ0) is 34.1. The second-order valence-electron chi connectivity index (χ2n) is 11.1. The number of nitrogens with two attached hydrogens (primary N) is 1. The summed E-state index contributed by atoms with van der Waals surface area (Å²) >= 11 is 0. The second-order valence-corrected chi connectivity index (χ2v) is 12.8. The highest BCUT2D eigenvalue weighted by molar-refractivity contribution is 7.89. The standard InChI is InChI=1S/C33H35F4N5O4S/c1-20(43)16-39-17-26(42-47(45,46)27-5-3-2-4-6-27)11-12-28-29(37)18-40-19-30(28)41-33(44)32(38)31(21-7-9-23(34)10-8-21)22-13-24(35)15-25(36)14-22/h2-10,13-15,18-20,26,31-32,39,42-43H,11-12,16-17,38H2,1H3,(H,41,44)/t20-,26+,31-,32-/m0/s1. The molecule has 0 aliphatic carbocycles. The lowest BCUT2D eigenvalue weighted by atomic mass is 9.84. The summed E-state index contributed by atoms with van der Waals surface area (Å²) in [4.78, 5) is 17.4. The Kier molecular flexibility index (Phi) is 12.2. The second kappa shape index (κ2) is 16.1. The highest BCUT2D eigenvalue weighted by Gasteiger charge is 2.30. The maximum atomic E-state index is 15.2. The van der Waals surface area contributed by atoms with Crippen molar-refractivity contribution in [1.82, 2.24) is 15.0 Å². The first-order chi connectivity index (χ1) is 22.3. The number of carbonyl (C=O) groups is 1. The summed E-state index contributed by atoms with van der Waals surface area (Å²) in [6.45, 7) is 1.84. The van der Waals surface area contributed by atoms with Crippen molar-refractivity contribution in [2.24, 2.45) is 5.73 Å². The molecule has 0 unspecified atom stereocenters. The Bertz CT molecular complexity index is 1740. The van der Waals surface area contributed by atoms with Crippen LogP contribution in [0.15, 0.2) is 90.1 Å². The van der Waals surface area contributed by atoms with Gasteiger partial charge >= 0.3 is 0 Å². The fourth-order valence-corrected chi connectivity index (χ4v) is 6.39.